The van der Waals surface area contributed by atoms with Gasteiger partial charge in [-0.2, -0.15) is 4.31 Å². The van der Waals surface area contributed by atoms with Crippen molar-refractivity contribution in [2.45, 2.75) is 37.2 Å². The summed E-state index contributed by atoms with van der Waals surface area (Å²) in [5, 5.41) is 3.74. The van der Waals surface area contributed by atoms with Crippen molar-refractivity contribution in [1.29, 1.82) is 0 Å². The number of nitrogens with zero attached hydrogens (tertiary/aromatic N) is 2. The number of nitrogens with one attached hydrogen (secondary N) is 1. The summed E-state index contributed by atoms with van der Waals surface area (Å²) in [6.45, 7) is 3.26. The fourth-order valence-corrected chi connectivity index (χ4v) is 5.73. The molecule has 4 rings (SSSR count). The maximum Gasteiger partial charge on any atom is 0.243 e. The Kier molecular flexibility index (Phi) is 6.62. The number of methoxy groups -OCH3 is 2. The molecule has 1 amide bonds. The Bertz CT molecular complexity index is 1260. The maximum absolute atomic E-state index is 12.9. The van der Waals surface area contributed by atoms with Crippen molar-refractivity contribution in [3.05, 3.63) is 54.2 Å². The van der Waals surface area contributed by atoms with Crippen LogP contribution in [0, 0.1) is 0 Å². The van der Waals surface area contributed by atoms with Crippen molar-refractivity contribution in [2.75, 3.05) is 27.3 Å². The third-order valence-electron chi connectivity index (χ3n) is 6.14. The summed E-state index contributed by atoms with van der Waals surface area (Å²) in [6, 6.07) is 11.9. The molecule has 1 N–H and O–H groups in total. The molecule has 0 saturated carbocycles. The molecule has 0 bridgehead atoms. The molecule has 8 nitrogen and oxygen atoms in total. The van der Waals surface area contributed by atoms with Crippen LogP contribution in [0.1, 0.15) is 31.4 Å². The van der Waals surface area contributed by atoms with E-state index in [1.54, 1.807) is 38.5 Å². The lowest BCUT2D eigenvalue weighted by molar-refractivity contribution is -0.123. The highest BCUT2D eigenvalue weighted by molar-refractivity contribution is 7.89. The van der Waals surface area contributed by atoms with Crippen LogP contribution in [-0.4, -0.2) is 50.5 Å². The van der Waals surface area contributed by atoms with E-state index in [2.05, 4.69) is 5.32 Å². The van der Waals surface area contributed by atoms with Crippen LogP contribution in [0.15, 0.2) is 53.6 Å². The van der Waals surface area contributed by atoms with Gasteiger partial charge in [-0.25, -0.2) is 8.42 Å². The molecule has 0 aliphatic carbocycles. The molecule has 1 saturated heterocycles. The molecular formula is C24H29N3O5S. The molecule has 0 unspecified atom stereocenters. The second-order valence-corrected chi connectivity index (χ2v) is 10.1. The number of carbonyl (C=O) groups is 1. The van der Waals surface area contributed by atoms with Gasteiger partial charge in [-0.1, -0.05) is 0 Å². The van der Waals surface area contributed by atoms with E-state index >= 15 is 0 Å². The van der Waals surface area contributed by atoms with E-state index in [4.69, 9.17) is 9.47 Å². The predicted molar refractivity (Wildman–Crippen MR) is 126 cm³/mol. The van der Waals surface area contributed by atoms with Crippen LogP contribution in [0.5, 0.6) is 11.5 Å². The zero-order valence-electron chi connectivity index (χ0n) is 19.1. The number of fused-ring (bicyclic) bond motifs is 1. The molecule has 1 aliphatic rings. The molecular weight excluding hydrogens is 442 g/mol. The van der Waals surface area contributed by atoms with Crippen molar-refractivity contribution >= 4 is 26.8 Å². The van der Waals surface area contributed by atoms with Crippen molar-refractivity contribution < 1.29 is 22.7 Å². The topological polar surface area (TPSA) is 89.9 Å². The first-order valence-corrected chi connectivity index (χ1v) is 12.4. The van der Waals surface area contributed by atoms with Gasteiger partial charge in [-0.15, -0.1) is 0 Å². The molecule has 2 aromatic carbocycles. The monoisotopic (exact) mass is 471 g/mol. The zero-order valence-corrected chi connectivity index (χ0v) is 19.9. The Morgan fingerprint density at radius 2 is 1.82 bits per heavy atom. The number of hydrogen-bond acceptors (Lipinski definition) is 5. The third-order valence-corrected chi connectivity index (χ3v) is 8.03. The van der Waals surface area contributed by atoms with E-state index in [0.717, 1.165) is 29.3 Å². The summed E-state index contributed by atoms with van der Waals surface area (Å²) in [7, 11) is -0.321. The highest BCUT2D eigenvalue weighted by atomic mass is 32.2. The van der Waals surface area contributed by atoms with Crippen molar-refractivity contribution in [1.82, 2.24) is 14.2 Å². The van der Waals surface area contributed by atoms with Crippen LogP contribution < -0.4 is 14.8 Å². The normalized spacial score (nSPS) is 15.5. The number of carbonyl (C=O) groups excluding carboxylic acids is 1. The highest BCUT2D eigenvalue weighted by Gasteiger charge is 2.27. The first-order valence-electron chi connectivity index (χ1n) is 10.9. The molecule has 3 aromatic rings. The second-order valence-electron chi connectivity index (χ2n) is 8.13. The molecule has 1 atom stereocenters. The van der Waals surface area contributed by atoms with E-state index in [0.29, 0.717) is 36.0 Å². The lowest BCUT2D eigenvalue weighted by Gasteiger charge is -2.18. The second kappa shape index (κ2) is 9.44. The summed E-state index contributed by atoms with van der Waals surface area (Å²) in [5.41, 5.74) is 1.65. The average Bonchev–Trinajstić information content (AvgIpc) is 3.52. The van der Waals surface area contributed by atoms with Crippen LogP contribution in [0.2, 0.25) is 0 Å². The van der Waals surface area contributed by atoms with Gasteiger partial charge >= 0.3 is 0 Å². The maximum atomic E-state index is 12.9. The van der Waals surface area contributed by atoms with Crippen molar-refractivity contribution in [3.8, 4) is 11.5 Å². The molecule has 0 radical (unpaired) electrons. The molecule has 9 heteroatoms. The van der Waals surface area contributed by atoms with Crippen molar-refractivity contribution in [3.63, 3.8) is 0 Å². The Labute approximate surface area is 194 Å². The van der Waals surface area contributed by atoms with Gasteiger partial charge in [0.1, 0.15) is 17.5 Å². The van der Waals surface area contributed by atoms with Crippen LogP contribution in [0.25, 0.3) is 10.9 Å². The average molecular weight is 472 g/mol. The van der Waals surface area contributed by atoms with Gasteiger partial charge in [0, 0.05) is 48.4 Å². The Balaban J connectivity index is 1.50. The Morgan fingerprint density at radius 3 is 2.52 bits per heavy atom. The number of amides is 1. The quantitative estimate of drug-likeness (QED) is 0.544. The molecule has 0 spiro atoms. The smallest absolute Gasteiger partial charge is 0.243 e. The van der Waals surface area contributed by atoms with E-state index in [1.165, 1.54) is 4.31 Å². The SMILES string of the molecule is COc1ccc(CNC(=O)[C@H](C)n2ccc3cc(S(=O)(=O)N4CCCC4)ccc32)c(OC)c1. The van der Waals surface area contributed by atoms with Gasteiger partial charge < -0.3 is 19.4 Å². The summed E-state index contributed by atoms with van der Waals surface area (Å²) in [5.74, 6) is 1.17. The van der Waals surface area contributed by atoms with Crippen LogP contribution in [-0.2, 0) is 21.4 Å². The molecule has 1 aliphatic heterocycles. The summed E-state index contributed by atoms with van der Waals surface area (Å²) in [4.78, 5) is 13.2. The number of sulfonamides is 1. The number of hydrogen-bond donors (Lipinski definition) is 1. The number of rotatable bonds is 8. The van der Waals surface area contributed by atoms with E-state index in [1.807, 2.05) is 35.9 Å². The van der Waals surface area contributed by atoms with Gasteiger partial charge in [-0.05, 0) is 56.2 Å². The molecule has 1 aromatic heterocycles. The van der Waals surface area contributed by atoms with Gasteiger partial charge in [0.15, 0.2) is 0 Å². The van der Waals surface area contributed by atoms with Crippen LogP contribution >= 0.6 is 0 Å². The van der Waals surface area contributed by atoms with Crippen LogP contribution in [0.4, 0.5) is 0 Å². The minimum atomic E-state index is -3.48. The van der Waals surface area contributed by atoms with Crippen LogP contribution in [0.3, 0.4) is 0 Å². The first-order chi connectivity index (χ1) is 15.8. The fraction of sp³-hybridized carbons (Fsp3) is 0.375. The fourth-order valence-electron chi connectivity index (χ4n) is 4.17. The van der Waals surface area contributed by atoms with Crippen molar-refractivity contribution in [2.24, 2.45) is 0 Å². The molecule has 33 heavy (non-hydrogen) atoms. The minimum Gasteiger partial charge on any atom is -0.497 e. The zero-order chi connectivity index (χ0) is 23.6. The van der Waals surface area contributed by atoms with Gasteiger partial charge in [-0.3, -0.25) is 4.79 Å². The number of benzene rings is 2. The molecule has 176 valence electrons. The summed E-state index contributed by atoms with van der Waals surface area (Å²) in [6.07, 6.45) is 3.61. The minimum absolute atomic E-state index is 0.154. The standard InChI is InChI=1S/C24H29N3O5S/c1-17(24(28)25-16-19-6-7-20(31-2)15-23(19)32-3)27-13-10-18-14-21(8-9-22(18)27)33(29,30)26-11-4-5-12-26/h6-10,13-15,17H,4-5,11-12,16H2,1-3H3,(H,25,28)/t17-/m0/s1. The summed E-state index contributed by atoms with van der Waals surface area (Å²) < 4.78 is 39.7. The number of ether oxygens (including phenoxy) is 2. The Morgan fingerprint density at radius 1 is 1.06 bits per heavy atom. The number of aromatic nitrogens is 1. The van der Waals surface area contributed by atoms with E-state index in [9.17, 15) is 13.2 Å². The van der Waals surface area contributed by atoms with E-state index in [-0.39, 0.29) is 5.91 Å². The largest absolute Gasteiger partial charge is 0.497 e. The molecule has 1 fully saturated rings. The third kappa shape index (κ3) is 4.56. The molecule has 2 heterocycles. The predicted octanol–water partition coefficient (Wildman–Crippen LogP) is 3.32. The van der Waals surface area contributed by atoms with Gasteiger partial charge in [0.25, 0.3) is 0 Å². The highest BCUT2D eigenvalue weighted by Crippen LogP contribution is 2.28. The van der Waals surface area contributed by atoms with Gasteiger partial charge in [0.2, 0.25) is 15.9 Å². The Hall–Kier alpha value is -3.04. The lowest BCUT2D eigenvalue weighted by Crippen LogP contribution is -2.30. The lowest BCUT2D eigenvalue weighted by atomic mass is 10.2. The summed E-state index contributed by atoms with van der Waals surface area (Å²) >= 11 is 0. The van der Waals surface area contributed by atoms with Gasteiger partial charge in [0.05, 0.1) is 19.1 Å². The first kappa shape index (κ1) is 23.1. The van der Waals surface area contributed by atoms with E-state index < -0.39 is 16.1 Å².